The average molecular weight is 353 g/mol. The van der Waals surface area contributed by atoms with Gasteiger partial charge >= 0.3 is 0 Å². The van der Waals surface area contributed by atoms with Crippen LogP contribution in [0.5, 0.6) is 0 Å². The van der Waals surface area contributed by atoms with Gasteiger partial charge in [0.2, 0.25) is 10.0 Å². The van der Waals surface area contributed by atoms with Gasteiger partial charge < -0.3 is 0 Å². The Labute approximate surface area is 146 Å². The van der Waals surface area contributed by atoms with E-state index in [1.165, 1.54) is 6.07 Å². The van der Waals surface area contributed by atoms with Gasteiger partial charge in [0, 0.05) is 12.1 Å². The van der Waals surface area contributed by atoms with Gasteiger partial charge in [-0.15, -0.1) is 0 Å². The molecule has 4 rings (SSSR count). The van der Waals surface area contributed by atoms with E-state index in [1.807, 2.05) is 54.6 Å². The SMILES string of the molecule is O=S1(=O)Cc2c(cccc2-c2ccc(-c3ccccc3)c(F)c2)CN1. The largest absolute Gasteiger partial charge is 0.216 e. The second kappa shape index (κ2) is 6.10. The first-order valence-electron chi connectivity index (χ1n) is 7.97. The molecule has 0 saturated heterocycles. The van der Waals surface area contributed by atoms with Crippen LogP contribution >= 0.6 is 0 Å². The van der Waals surface area contributed by atoms with Crippen molar-refractivity contribution >= 4 is 10.0 Å². The Bertz CT molecular complexity index is 1050. The number of nitrogens with one attached hydrogen (secondary N) is 1. The molecule has 3 aromatic rings. The zero-order valence-electron chi connectivity index (χ0n) is 13.4. The minimum absolute atomic E-state index is 0.0828. The summed E-state index contributed by atoms with van der Waals surface area (Å²) >= 11 is 0. The van der Waals surface area contributed by atoms with Crippen LogP contribution in [0.15, 0.2) is 66.7 Å². The predicted octanol–water partition coefficient (Wildman–Crippen LogP) is 4.09. The smallest absolute Gasteiger partial charge is 0.212 e. The predicted molar refractivity (Wildman–Crippen MR) is 96.7 cm³/mol. The second-order valence-electron chi connectivity index (χ2n) is 6.08. The fraction of sp³-hybridized carbons (Fsp3) is 0.100. The van der Waals surface area contributed by atoms with Crippen molar-refractivity contribution in [2.24, 2.45) is 0 Å². The van der Waals surface area contributed by atoms with Crippen LogP contribution in [0.3, 0.4) is 0 Å². The van der Waals surface area contributed by atoms with Gasteiger partial charge in [0.05, 0.1) is 5.75 Å². The van der Waals surface area contributed by atoms with Gasteiger partial charge in [-0.2, -0.15) is 0 Å². The van der Waals surface area contributed by atoms with Gasteiger partial charge in [0.1, 0.15) is 5.82 Å². The molecule has 0 unspecified atom stereocenters. The standard InChI is InChI=1S/C20H16FNO2S/c21-20-11-15(9-10-18(20)14-5-2-1-3-6-14)17-8-4-7-16-12-22-25(23,24)13-19(16)17/h1-11,22H,12-13H2. The first-order chi connectivity index (χ1) is 12.0. The summed E-state index contributed by atoms with van der Waals surface area (Å²) in [5.74, 6) is -0.404. The van der Waals surface area contributed by atoms with Gasteiger partial charge in [-0.1, -0.05) is 60.7 Å². The van der Waals surface area contributed by atoms with Crippen molar-refractivity contribution in [3.8, 4) is 22.3 Å². The monoisotopic (exact) mass is 353 g/mol. The first kappa shape index (κ1) is 16.0. The lowest BCUT2D eigenvalue weighted by atomic mass is 9.94. The van der Waals surface area contributed by atoms with E-state index in [0.717, 1.165) is 22.3 Å². The fourth-order valence-electron chi connectivity index (χ4n) is 3.20. The molecule has 1 heterocycles. The zero-order valence-corrected chi connectivity index (χ0v) is 14.2. The zero-order chi connectivity index (χ0) is 17.4. The molecule has 3 aromatic carbocycles. The number of hydrogen-bond acceptors (Lipinski definition) is 2. The molecule has 126 valence electrons. The summed E-state index contributed by atoms with van der Waals surface area (Å²) < 4.78 is 41.0. The first-order valence-corrected chi connectivity index (χ1v) is 9.62. The Hall–Kier alpha value is -2.50. The molecule has 0 spiro atoms. The summed E-state index contributed by atoms with van der Waals surface area (Å²) in [4.78, 5) is 0. The van der Waals surface area contributed by atoms with E-state index in [-0.39, 0.29) is 18.1 Å². The van der Waals surface area contributed by atoms with E-state index in [1.54, 1.807) is 6.07 Å². The van der Waals surface area contributed by atoms with Gasteiger partial charge in [-0.25, -0.2) is 17.5 Å². The average Bonchev–Trinajstić information content (AvgIpc) is 2.61. The van der Waals surface area contributed by atoms with Crippen molar-refractivity contribution in [1.82, 2.24) is 4.72 Å². The summed E-state index contributed by atoms with van der Waals surface area (Å²) in [5.41, 5.74) is 4.47. The van der Waals surface area contributed by atoms with Crippen LogP contribution in [0.25, 0.3) is 22.3 Å². The minimum Gasteiger partial charge on any atom is -0.212 e. The highest BCUT2D eigenvalue weighted by Gasteiger charge is 2.23. The van der Waals surface area contributed by atoms with E-state index in [9.17, 15) is 12.8 Å². The molecule has 0 atom stereocenters. The molecule has 0 aliphatic carbocycles. The molecule has 0 amide bonds. The summed E-state index contributed by atoms with van der Waals surface area (Å²) in [5, 5.41) is 0. The van der Waals surface area contributed by atoms with Gasteiger partial charge in [0.15, 0.2) is 0 Å². The molecule has 1 aliphatic heterocycles. The third-order valence-corrected chi connectivity index (χ3v) is 5.71. The summed E-state index contributed by atoms with van der Waals surface area (Å²) in [6, 6.07) is 20.0. The summed E-state index contributed by atoms with van der Waals surface area (Å²) in [6.45, 7) is 0.274. The molecule has 0 bridgehead atoms. The van der Waals surface area contributed by atoms with Gasteiger partial charge in [0.25, 0.3) is 0 Å². The number of fused-ring (bicyclic) bond motifs is 1. The Morgan fingerprint density at radius 3 is 2.40 bits per heavy atom. The van der Waals surface area contributed by atoms with Crippen molar-refractivity contribution in [3.05, 3.63) is 83.7 Å². The minimum atomic E-state index is -3.33. The van der Waals surface area contributed by atoms with Crippen LogP contribution in [-0.2, 0) is 22.3 Å². The van der Waals surface area contributed by atoms with E-state index < -0.39 is 10.0 Å². The molecule has 25 heavy (non-hydrogen) atoms. The van der Waals surface area contributed by atoms with Crippen LogP contribution in [-0.4, -0.2) is 8.42 Å². The van der Waals surface area contributed by atoms with Crippen LogP contribution in [0.1, 0.15) is 11.1 Å². The van der Waals surface area contributed by atoms with Crippen molar-refractivity contribution in [2.75, 3.05) is 0 Å². The molecule has 0 fully saturated rings. The lowest BCUT2D eigenvalue weighted by Crippen LogP contribution is -2.30. The van der Waals surface area contributed by atoms with Crippen molar-refractivity contribution in [3.63, 3.8) is 0 Å². The topological polar surface area (TPSA) is 46.2 Å². The molecule has 5 heteroatoms. The summed E-state index contributed by atoms with van der Waals surface area (Å²) in [6.07, 6.45) is 0. The number of halogens is 1. The molecular formula is C20H16FNO2S. The van der Waals surface area contributed by atoms with Crippen molar-refractivity contribution in [1.29, 1.82) is 0 Å². The molecule has 0 aromatic heterocycles. The Kier molecular flexibility index (Phi) is 3.90. The maximum Gasteiger partial charge on any atom is 0.216 e. The molecule has 3 nitrogen and oxygen atoms in total. The quantitative estimate of drug-likeness (QED) is 0.754. The van der Waals surface area contributed by atoms with Crippen LogP contribution < -0.4 is 4.72 Å². The lowest BCUT2D eigenvalue weighted by molar-refractivity contribution is 0.576. The summed E-state index contributed by atoms with van der Waals surface area (Å²) in [7, 11) is -3.33. The molecular weight excluding hydrogens is 337 g/mol. The fourth-order valence-corrected chi connectivity index (χ4v) is 4.40. The van der Waals surface area contributed by atoms with Crippen LogP contribution in [0.2, 0.25) is 0 Å². The van der Waals surface area contributed by atoms with Crippen LogP contribution in [0, 0.1) is 5.82 Å². The maximum absolute atomic E-state index is 14.7. The number of sulfonamides is 1. The Balaban J connectivity index is 1.81. The molecule has 1 aliphatic rings. The molecule has 1 N–H and O–H groups in total. The number of benzene rings is 3. The van der Waals surface area contributed by atoms with Crippen molar-refractivity contribution in [2.45, 2.75) is 12.3 Å². The lowest BCUT2D eigenvalue weighted by Gasteiger charge is -2.21. The highest BCUT2D eigenvalue weighted by Crippen LogP contribution is 2.33. The number of rotatable bonds is 2. The van der Waals surface area contributed by atoms with E-state index in [0.29, 0.717) is 11.1 Å². The Morgan fingerprint density at radius 1 is 0.840 bits per heavy atom. The van der Waals surface area contributed by atoms with Gasteiger partial charge in [-0.05, 0) is 33.9 Å². The second-order valence-corrected chi connectivity index (χ2v) is 7.89. The van der Waals surface area contributed by atoms with E-state index in [4.69, 9.17) is 0 Å². The molecule has 0 saturated carbocycles. The third kappa shape index (κ3) is 3.08. The third-order valence-electron chi connectivity index (χ3n) is 4.45. The molecule has 0 radical (unpaired) electrons. The number of hydrogen-bond donors (Lipinski definition) is 1. The van der Waals surface area contributed by atoms with Crippen LogP contribution in [0.4, 0.5) is 4.39 Å². The van der Waals surface area contributed by atoms with Gasteiger partial charge in [-0.3, -0.25) is 0 Å². The Morgan fingerprint density at radius 2 is 1.64 bits per heavy atom. The highest BCUT2D eigenvalue weighted by atomic mass is 32.2. The maximum atomic E-state index is 14.7. The van der Waals surface area contributed by atoms with E-state index >= 15 is 0 Å². The van der Waals surface area contributed by atoms with Crippen molar-refractivity contribution < 1.29 is 12.8 Å². The highest BCUT2D eigenvalue weighted by molar-refractivity contribution is 7.88. The van der Waals surface area contributed by atoms with E-state index in [2.05, 4.69) is 4.72 Å². The normalized spacial score (nSPS) is 15.6.